The molecule has 0 bridgehead atoms. The standard InChI is InChI=1S/C17H18N4O2S/c1-12-15(19-16(24-12)14-6-3-10-23-14)17(22)20-8-2-5-13(11-20)21-9-4-7-18-21/h3-4,6-7,9-10,13H,2,5,8,11H2,1H3/t13-/m1/s1. The van der Waals surface area contributed by atoms with Crippen LogP contribution in [0, 0.1) is 6.92 Å². The van der Waals surface area contributed by atoms with Crippen LogP contribution < -0.4 is 0 Å². The molecule has 124 valence electrons. The zero-order chi connectivity index (χ0) is 16.5. The van der Waals surface area contributed by atoms with Crippen LogP contribution in [0.25, 0.3) is 10.8 Å². The molecule has 1 amide bonds. The van der Waals surface area contributed by atoms with Gasteiger partial charge in [-0.1, -0.05) is 0 Å². The summed E-state index contributed by atoms with van der Waals surface area (Å²) in [5.41, 5.74) is 0.535. The summed E-state index contributed by atoms with van der Waals surface area (Å²) in [5, 5.41) is 5.07. The Morgan fingerprint density at radius 3 is 3.08 bits per heavy atom. The zero-order valence-electron chi connectivity index (χ0n) is 13.4. The van der Waals surface area contributed by atoms with Gasteiger partial charge in [0.1, 0.15) is 5.69 Å². The Morgan fingerprint density at radius 1 is 1.42 bits per heavy atom. The first-order valence-corrected chi connectivity index (χ1v) is 8.84. The maximum atomic E-state index is 12.9. The first kappa shape index (κ1) is 15.1. The molecule has 0 aliphatic carbocycles. The molecule has 6 nitrogen and oxygen atoms in total. The Hall–Kier alpha value is -2.41. The van der Waals surface area contributed by atoms with Gasteiger partial charge in [-0.25, -0.2) is 4.98 Å². The number of aryl methyl sites for hydroxylation is 1. The van der Waals surface area contributed by atoms with Crippen molar-refractivity contribution in [3.63, 3.8) is 0 Å². The molecule has 4 heterocycles. The van der Waals surface area contributed by atoms with Crippen LogP contribution in [-0.4, -0.2) is 38.7 Å². The molecule has 0 unspecified atom stereocenters. The van der Waals surface area contributed by atoms with Crippen LogP contribution in [0.2, 0.25) is 0 Å². The second kappa shape index (κ2) is 6.24. The van der Waals surface area contributed by atoms with E-state index >= 15 is 0 Å². The number of hydrogen-bond acceptors (Lipinski definition) is 5. The maximum absolute atomic E-state index is 12.9. The van der Waals surface area contributed by atoms with Crippen molar-refractivity contribution < 1.29 is 9.21 Å². The topological polar surface area (TPSA) is 64.2 Å². The van der Waals surface area contributed by atoms with Crippen LogP contribution in [0.1, 0.15) is 34.2 Å². The van der Waals surface area contributed by atoms with Gasteiger partial charge in [-0.05, 0) is 38.0 Å². The van der Waals surface area contributed by atoms with Crippen LogP contribution >= 0.6 is 11.3 Å². The largest absolute Gasteiger partial charge is 0.462 e. The van der Waals surface area contributed by atoms with Gasteiger partial charge in [0.15, 0.2) is 10.8 Å². The number of rotatable bonds is 3. The zero-order valence-corrected chi connectivity index (χ0v) is 14.2. The first-order chi connectivity index (χ1) is 11.7. The molecule has 1 atom stereocenters. The van der Waals surface area contributed by atoms with Crippen molar-refractivity contribution >= 4 is 17.2 Å². The van der Waals surface area contributed by atoms with E-state index in [1.165, 1.54) is 11.3 Å². The summed E-state index contributed by atoms with van der Waals surface area (Å²) in [4.78, 5) is 20.3. The Bertz CT molecular complexity index is 823. The van der Waals surface area contributed by atoms with Gasteiger partial charge in [-0.3, -0.25) is 9.48 Å². The van der Waals surface area contributed by atoms with Gasteiger partial charge < -0.3 is 9.32 Å². The molecule has 4 rings (SSSR count). The van der Waals surface area contributed by atoms with E-state index in [1.807, 2.05) is 40.9 Å². The quantitative estimate of drug-likeness (QED) is 0.732. The van der Waals surface area contributed by atoms with Crippen LogP contribution in [0.5, 0.6) is 0 Å². The Labute approximate surface area is 143 Å². The lowest BCUT2D eigenvalue weighted by Crippen LogP contribution is -2.41. The predicted octanol–water partition coefficient (Wildman–Crippen LogP) is 3.39. The monoisotopic (exact) mass is 342 g/mol. The van der Waals surface area contributed by atoms with Crippen molar-refractivity contribution in [3.05, 3.63) is 47.4 Å². The number of nitrogens with zero attached hydrogens (tertiary/aromatic N) is 4. The third kappa shape index (κ3) is 2.75. The Kier molecular flexibility index (Phi) is 3.93. The maximum Gasteiger partial charge on any atom is 0.273 e. The van der Waals surface area contributed by atoms with E-state index in [9.17, 15) is 4.79 Å². The molecule has 1 fully saturated rings. The van der Waals surface area contributed by atoms with Crippen molar-refractivity contribution in [2.75, 3.05) is 13.1 Å². The number of amides is 1. The van der Waals surface area contributed by atoms with Gasteiger partial charge in [0.2, 0.25) is 0 Å². The van der Waals surface area contributed by atoms with Gasteiger partial charge in [-0.2, -0.15) is 5.10 Å². The van der Waals surface area contributed by atoms with Crippen LogP contribution in [-0.2, 0) is 0 Å². The summed E-state index contributed by atoms with van der Waals surface area (Å²) < 4.78 is 7.34. The number of thiazole rings is 1. The number of piperidine rings is 1. The fourth-order valence-corrected chi connectivity index (χ4v) is 3.98. The fraction of sp³-hybridized carbons (Fsp3) is 0.353. The fourth-order valence-electron chi connectivity index (χ4n) is 3.10. The molecular formula is C17H18N4O2S. The molecule has 0 aromatic carbocycles. The van der Waals surface area contributed by atoms with E-state index in [0.29, 0.717) is 18.0 Å². The summed E-state index contributed by atoms with van der Waals surface area (Å²) in [7, 11) is 0. The molecule has 0 saturated carbocycles. The predicted molar refractivity (Wildman–Crippen MR) is 91.0 cm³/mol. The average Bonchev–Trinajstić information content (AvgIpc) is 3.35. The van der Waals surface area contributed by atoms with Gasteiger partial charge in [0.25, 0.3) is 5.91 Å². The molecule has 7 heteroatoms. The highest BCUT2D eigenvalue weighted by Gasteiger charge is 2.28. The number of carbonyl (C=O) groups is 1. The van der Waals surface area contributed by atoms with Crippen molar-refractivity contribution in [1.29, 1.82) is 0 Å². The van der Waals surface area contributed by atoms with Gasteiger partial charge in [0, 0.05) is 30.4 Å². The summed E-state index contributed by atoms with van der Waals surface area (Å²) in [6.07, 6.45) is 7.37. The van der Waals surface area contributed by atoms with Crippen LogP contribution in [0.15, 0.2) is 41.3 Å². The molecule has 1 aliphatic heterocycles. The van der Waals surface area contributed by atoms with Crippen molar-refractivity contribution in [3.8, 4) is 10.8 Å². The molecular weight excluding hydrogens is 324 g/mol. The highest BCUT2D eigenvalue weighted by atomic mass is 32.1. The van der Waals surface area contributed by atoms with E-state index in [0.717, 1.165) is 29.3 Å². The average molecular weight is 342 g/mol. The molecule has 3 aromatic rings. The molecule has 1 saturated heterocycles. The molecule has 3 aromatic heterocycles. The molecule has 1 aliphatic rings. The summed E-state index contributed by atoms with van der Waals surface area (Å²) >= 11 is 1.49. The minimum absolute atomic E-state index is 0.00147. The van der Waals surface area contributed by atoms with E-state index in [4.69, 9.17) is 4.42 Å². The minimum Gasteiger partial charge on any atom is -0.462 e. The van der Waals surface area contributed by atoms with Gasteiger partial charge in [0.05, 0.1) is 12.3 Å². The first-order valence-electron chi connectivity index (χ1n) is 8.02. The normalized spacial score (nSPS) is 18.0. The minimum atomic E-state index is -0.00147. The van der Waals surface area contributed by atoms with E-state index in [-0.39, 0.29) is 11.9 Å². The third-order valence-corrected chi connectivity index (χ3v) is 5.30. The van der Waals surface area contributed by atoms with Crippen molar-refractivity contribution in [2.45, 2.75) is 25.8 Å². The molecule has 0 N–H and O–H groups in total. The second-order valence-electron chi connectivity index (χ2n) is 5.93. The lowest BCUT2D eigenvalue weighted by molar-refractivity contribution is 0.0667. The molecule has 0 spiro atoms. The number of likely N-dealkylation sites (tertiary alicyclic amines) is 1. The van der Waals surface area contributed by atoms with E-state index < -0.39 is 0 Å². The van der Waals surface area contributed by atoms with Crippen molar-refractivity contribution in [2.24, 2.45) is 0 Å². The second-order valence-corrected chi connectivity index (χ2v) is 7.14. The summed E-state index contributed by atoms with van der Waals surface area (Å²) in [6, 6.07) is 5.84. The van der Waals surface area contributed by atoms with Gasteiger partial charge in [-0.15, -0.1) is 11.3 Å². The van der Waals surface area contributed by atoms with E-state index in [2.05, 4.69) is 10.1 Å². The lowest BCUT2D eigenvalue weighted by Gasteiger charge is -2.32. The Morgan fingerprint density at radius 2 is 2.33 bits per heavy atom. The molecule has 0 radical (unpaired) electrons. The van der Waals surface area contributed by atoms with Crippen LogP contribution in [0.4, 0.5) is 0 Å². The molecule has 24 heavy (non-hydrogen) atoms. The Balaban J connectivity index is 1.55. The number of aromatic nitrogens is 3. The number of carbonyl (C=O) groups excluding carboxylic acids is 1. The summed E-state index contributed by atoms with van der Waals surface area (Å²) in [6.45, 7) is 3.38. The smallest absolute Gasteiger partial charge is 0.273 e. The third-order valence-electron chi connectivity index (χ3n) is 4.31. The highest BCUT2D eigenvalue weighted by Crippen LogP contribution is 2.30. The van der Waals surface area contributed by atoms with Crippen LogP contribution in [0.3, 0.4) is 0 Å². The van der Waals surface area contributed by atoms with Crippen molar-refractivity contribution in [1.82, 2.24) is 19.7 Å². The van der Waals surface area contributed by atoms with Gasteiger partial charge >= 0.3 is 0 Å². The number of hydrogen-bond donors (Lipinski definition) is 0. The lowest BCUT2D eigenvalue weighted by atomic mass is 10.1. The number of furan rings is 1. The SMILES string of the molecule is Cc1sc(-c2ccco2)nc1C(=O)N1CCC[C@@H](n2cccn2)C1. The van der Waals surface area contributed by atoms with E-state index in [1.54, 1.807) is 12.5 Å². The summed E-state index contributed by atoms with van der Waals surface area (Å²) in [5.74, 6) is 0.702. The highest BCUT2D eigenvalue weighted by molar-refractivity contribution is 7.15.